The molecule has 0 saturated carbocycles. The van der Waals surface area contributed by atoms with Gasteiger partial charge in [-0.1, -0.05) is 30.3 Å². The lowest BCUT2D eigenvalue weighted by Crippen LogP contribution is -2.13. The van der Waals surface area contributed by atoms with Crippen molar-refractivity contribution in [2.24, 2.45) is 10.2 Å². The van der Waals surface area contributed by atoms with Crippen LogP contribution in [0.1, 0.15) is 5.56 Å². The molecular formula is C22H14N6O3. The summed E-state index contributed by atoms with van der Waals surface area (Å²) in [6.45, 7) is 0. The van der Waals surface area contributed by atoms with Crippen molar-refractivity contribution in [1.82, 2.24) is 9.78 Å². The van der Waals surface area contributed by atoms with Gasteiger partial charge in [-0.25, -0.2) is 4.68 Å². The Morgan fingerprint density at radius 3 is 2.29 bits per heavy atom. The zero-order valence-electron chi connectivity index (χ0n) is 16.0. The Morgan fingerprint density at radius 2 is 1.61 bits per heavy atom. The van der Waals surface area contributed by atoms with E-state index in [1.54, 1.807) is 48.5 Å². The number of nitro benzene ring substituents is 1. The number of H-pyrrole nitrogens is 1. The Kier molecular flexibility index (Phi) is 5.19. The molecular weight excluding hydrogens is 396 g/mol. The van der Waals surface area contributed by atoms with E-state index in [0.717, 1.165) is 0 Å². The molecule has 4 rings (SSSR count). The van der Waals surface area contributed by atoms with Gasteiger partial charge in [-0.05, 0) is 36.4 Å². The first-order valence-electron chi connectivity index (χ1n) is 9.14. The zero-order valence-corrected chi connectivity index (χ0v) is 16.0. The van der Waals surface area contributed by atoms with Gasteiger partial charge < -0.3 is 0 Å². The van der Waals surface area contributed by atoms with E-state index >= 15 is 0 Å². The van der Waals surface area contributed by atoms with Crippen LogP contribution in [0.2, 0.25) is 0 Å². The predicted octanol–water partition coefficient (Wildman–Crippen LogP) is 5.03. The lowest BCUT2D eigenvalue weighted by molar-refractivity contribution is -0.384. The van der Waals surface area contributed by atoms with Crippen LogP contribution < -0.4 is 5.56 Å². The van der Waals surface area contributed by atoms with Crippen LogP contribution in [-0.2, 0) is 0 Å². The lowest BCUT2D eigenvalue weighted by Gasteiger charge is -2.01. The van der Waals surface area contributed by atoms with E-state index in [0.29, 0.717) is 28.2 Å². The minimum absolute atomic E-state index is 0.0189. The van der Waals surface area contributed by atoms with Gasteiger partial charge in [0.15, 0.2) is 5.69 Å². The molecule has 1 heterocycles. The summed E-state index contributed by atoms with van der Waals surface area (Å²) in [5.74, 6) is 0. The third kappa shape index (κ3) is 3.86. The first-order valence-corrected chi connectivity index (χ1v) is 9.14. The van der Waals surface area contributed by atoms with Gasteiger partial charge in [-0.15, -0.1) is 10.2 Å². The van der Waals surface area contributed by atoms with E-state index in [4.69, 9.17) is 0 Å². The van der Waals surface area contributed by atoms with Crippen LogP contribution in [0.3, 0.4) is 0 Å². The lowest BCUT2D eigenvalue weighted by atomic mass is 10.1. The topological polar surface area (TPSA) is 129 Å². The number of azo groups is 1. The van der Waals surface area contributed by atoms with Gasteiger partial charge in [0.1, 0.15) is 11.8 Å². The fraction of sp³-hybridized carbons (Fsp3) is 0. The summed E-state index contributed by atoms with van der Waals surface area (Å²) in [6.07, 6.45) is 0. The van der Waals surface area contributed by atoms with Crippen molar-refractivity contribution in [3.05, 3.63) is 105 Å². The highest BCUT2D eigenvalue weighted by Gasteiger charge is 2.18. The molecule has 9 heteroatoms. The first kappa shape index (κ1) is 19.5. The Balaban J connectivity index is 1.87. The maximum atomic E-state index is 13.1. The Bertz CT molecular complexity index is 1380. The molecule has 150 valence electrons. The maximum Gasteiger partial charge on any atom is 0.299 e. The van der Waals surface area contributed by atoms with Crippen LogP contribution in [0.25, 0.3) is 16.9 Å². The number of nitriles is 1. The van der Waals surface area contributed by atoms with Crippen LogP contribution in [-0.4, -0.2) is 14.7 Å². The maximum absolute atomic E-state index is 13.1. The molecule has 0 spiro atoms. The van der Waals surface area contributed by atoms with Gasteiger partial charge in [0.05, 0.1) is 21.9 Å². The van der Waals surface area contributed by atoms with Crippen molar-refractivity contribution < 1.29 is 4.92 Å². The highest BCUT2D eigenvalue weighted by molar-refractivity contribution is 5.72. The molecule has 0 bridgehead atoms. The van der Waals surface area contributed by atoms with Gasteiger partial charge >= 0.3 is 0 Å². The largest absolute Gasteiger partial charge is 0.299 e. The van der Waals surface area contributed by atoms with Crippen LogP contribution in [0.4, 0.5) is 17.1 Å². The second-order valence-electron chi connectivity index (χ2n) is 6.44. The number of aromatic nitrogens is 2. The smallest absolute Gasteiger partial charge is 0.288 e. The Hall–Kier alpha value is -4.84. The summed E-state index contributed by atoms with van der Waals surface area (Å²) >= 11 is 0. The van der Waals surface area contributed by atoms with E-state index in [1.807, 2.05) is 12.1 Å². The molecule has 0 amide bonds. The molecule has 9 nitrogen and oxygen atoms in total. The average Bonchev–Trinajstić information content (AvgIpc) is 3.14. The molecule has 0 radical (unpaired) electrons. The van der Waals surface area contributed by atoms with Crippen LogP contribution in [0.5, 0.6) is 0 Å². The first-order chi connectivity index (χ1) is 15.1. The van der Waals surface area contributed by atoms with Crippen molar-refractivity contribution in [2.45, 2.75) is 0 Å². The summed E-state index contributed by atoms with van der Waals surface area (Å²) in [6, 6.07) is 23.3. The summed E-state index contributed by atoms with van der Waals surface area (Å²) in [4.78, 5) is 23.6. The number of benzene rings is 3. The normalized spacial score (nSPS) is 10.8. The highest BCUT2D eigenvalue weighted by atomic mass is 16.6. The number of nitrogens with zero attached hydrogens (tertiary/aromatic N) is 5. The van der Waals surface area contributed by atoms with Crippen molar-refractivity contribution in [3.8, 4) is 23.0 Å². The summed E-state index contributed by atoms with van der Waals surface area (Å²) in [5.41, 5.74) is 1.62. The number of hydrogen-bond donors (Lipinski definition) is 1. The van der Waals surface area contributed by atoms with Crippen LogP contribution >= 0.6 is 0 Å². The fourth-order valence-electron chi connectivity index (χ4n) is 2.99. The monoisotopic (exact) mass is 410 g/mol. The van der Waals surface area contributed by atoms with E-state index in [-0.39, 0.29) is 11.4 Å². The van der Waals surface area contributed by atoms with Crippen LogP contribution in [0, 0.1) is 21.4 Å². The number of nitro groups is 1. The number of aromatic amines is 1. The number of hydrogen-bond acceptors (Lipinski definition) is 6. The number of nitrogens with one attached hydrogen (secondary N) is 1. The third-order valence-electron chi connectivity index (χ3n) is 4.53. The molecule has 0 aliphatic rings. The Labute approximate surface area is 175 Å². The van der Waals surface area contributed by atoms with Gasteiger partial charge in [0.25, 0.3) is 11.2 Å². The van der Waals surface area contributed by atoms with E-state index in [9.17, 15) is 20.2 Å². The zero-order chi connectivity index (χ0) is 21.8. The Morgan fingerprint density at radius 1 is 0.935 bits per heavy atom. The fourth-order valence-corrected chi connectivity index (χ4v) is 2.99. The quantitative estimate of drug-likeness (QED) is 0.281. The van der Waals surface area contributed by atoms with Crippen LogP contribution in [0.15, 0.2) is 93.9 Å². The average molecular weight is 410 g/mol. The molecule has 3 aromatic carbocycles. The molecule has 0 saturated heterocycles. The third-order valence-corrected chi connectivity index (χ3v) is 4.53. The van der Waals surface area contributed by atoms with Crippen molar-refractivity contribution in [3.63, 3.8) is 0 Å². The summed E-state index contributed by atoms with van der Waals surface area (Å²) in [7, 11) is 0. The molecule has 0 aliphatic carbocycles. The molecule has 1 N–H and O–H groups in total. The summed E-state index contributed by atoms with van der Waals surface area (Å²) < 4.78 is 1.32. The molecule has 0 aliphatic heterocycles. The number of non-ortho nitro benzene ring substituents is 1. The van der Waals surface area contributed by atoms with E-state index < -0.39 is 10.5 Å². The number of para-hydroxylation sites is 1. The van der Waals surface area contributed by atoms with Gasteiger partial charge in [-0.3, -0.25) is 20.0 Å². The number of rotatable bonds is 5. The van der Waals surface area contributed by atoms with E-state index in [2.05, 4.69) is 15.3 Å². The van der Waals surface area contributed by atoms with Crippen molar-refractivity contribution >= 4 is 17.1 Å². The molecule has 0 fully saturated rings. The molecule has 0 atom stereocenters. The molecule has 0 unspecified atom stereocenters. The SMILES string of the molecule is N#Cc1ccccc1N=Nc1c(-c2ccc([N+](=O)[O-])cc2)[nH]n(-c2ccccc2)c1=O. The minimum atomic E-state index is -0.499. The summed E-state index contributed by atoms with van der Waals surface area (Å²) in [5, 5.41) is 31.5. The highest BCUT2D eigenvalue weighted by Crippen LogP contribution is 2.30. The van der Waals surface area contributed by atoms with Gasteiger partial charge in [0.2, 0.25) is 0 Å². The van der Waals surface area contributed by atoms with Crippen molar-refractivity contribution in [1.29, 1.82) is 5.26 Å². The molecule has 4 aromatic rings. The standard InChI is InChI=1S/C22H14N6O3/c23-14-16-6-4-5-9-19(16)24-25-21-20(15-10-12-18(13-11-15)28(30)31)26-27(22(21)29)17-7-2-1-3-8-17/h1-13,26H. The molecule has 1 aromatic heterocycles. The van der Waals surface area contributed by atoms with Gasteiger partial charge in [0, 0.05) is 17.7 Å². The second-order valence-corrected chi connectivity index (χ2v) is 6.44. The predicted molar refractivity (Wildman–Crippen MR) is 114 cm³/mol. The molecule has 31 heavy (non-hydrogen) atoms. The van der Waals surface area contributed by atoms with Crippen molar-refractivity contribution in [2.75, 3.05) is 0 Å². The van der Waals surface area contributed by atoms with Gasteiger partial charge in [-0.2, -0.15) is 5.26 Å². The minimum Gasteiger partial charge on any atom is -0.288 e. The second kappa shape index (κ2) is 8.26. The van der Waals surface area contributed by atoms with E-state index in [1.165, 1.54) is 28.9 Å².